The van der Waals surface area contributed by atoms with Crippen molar-refractivity contribution in [1.82, 2.24) is 9.97 Å². The van der Waals surface area contributed by atoms with Gasteiger partial charge in [-0.05, 0) is 0 Å². The maximum atomic E-state index is 3.74. The normalized spacial score (nSPS) is 7.62. The van der Waals surface area contributed by atoms with Gasteiger partial charge in [-0.1, -0.05) is 9.97 Å². The summed E-state index contributed by atoms with van der Waals surface area (Å²) in [5, 5.41) is 0. The summed E-state index contributed by atoms with van der Waals surface area (Å²) in [6, 6.07) is 0. The van der Waals surface area contributed by atoms with E-state index in [1.165, 1.54) is 6.33 Å². The Morgan fingerprint density at radius 2 is 1.75 bits per heavy atom. The summed E-state index contributed by atoms with van der Waals surface area (Å²) in [6.45, 7) is 0. The van der Waals surface area contributed by atoms with Crippen LogP contribution in [0, 0.1) is 0 Å². The second kappa shape index (κ2) is 3.32. The van der Waals surface area contributed by atoms with E-state index in [-0.39, 0.29) is 12.4 Å². The van der Waals surface area contributed by atoms with Gasteiger partial charge in [-0.15, -0.1) is 0 Å². The van der Waals surface area contributed by atoms with Crippen molar-refractivity contribution < 1.29 is 17.0 Å². The van der Waals surface area contributed by atoms with E-state index in [2.05, 4.69) is 9.97 Å². The quantitative estimate of drug-likeness (QED) is 0.340. The largest absolute Gasteiger partial charge is 1.00 e. The van der Waals surface area contributed by atoms with E-state index in [0.29, 0.717) is 0 Å². The van der Waals surface area contributed by atoms with Crippen molar-refractivity contribution in [1.29, 1.82) is 0 Å². The molecule has 0 atom stereocenters. The van der Waals surface area contributed by atoms with E-state index < -0.39 is 0 Å². The van der Waals surface area contributed by atoms with Crippen LogP contribution in [0.3, 0.4) is 0 Å². The molecule has 0 fully saturated rings. The lowest BCUT2D eigenvalue weighted by molar-refractivity contribution is -0.677. The first-order chi connectivity index (χ1) is 3.39. The van der Waals surface area contributed by atoms with Crippen LogP contribution in [0.25, 0.3) is 0 Å². The Morgan fingerprint density at radius 1 is 1.25 bits per heavy atom. The molecule has 1 heterocycles. The zero-order chi connectivity index (χ0) is 5.11. The molecule has 3 nitrogen and oxygen atoms in total. The number of hydrogen-bond donors (Lipinski definition) is 0. The molecule has 0 unspecified atom stereocenters. The van der Waals surface area contributed by atoms with Gasteiger partial charge in [0, 0.05) is 0 Å². The monoisotopic (exact) mass is 131 g/mol. The summed E-state index contributed by atoms with van der Waals surface area (Å²) in [5.41, 5.74) is 0. The second-order valence-corrected chi connectivity index (χ2v) is 1.31. The third-order valence-electron chi connectivity index (χ3n) is 0.631. The number of halogens is 1. The van der Waals surface area contributed by atoms with Crippen LogP contribution in [-0.2, 0) is 7.05 Å². The average molecular weight is 132 g/mol. The maximum absolute atomic E-state index is 3.74. The Kier molecular flexibility index (Phi) is 3.03. The van der Waals surface area contributed by atoms with Crippen molar-refractivity contribution in [3.05, 3.63) is 19.0 Å². The summed E-state index contributed by atoms with van der Waals surface area (Å²) in [7, 11) is 1.88. The lowest BCUT2D eigenvalue weighted by atomic mass is 11.0. The zero-order valence-corrected chi connectivity index (χ0v) is 5.21. The van der Waals surface area contributed by atoms with Crippen molar-refractivity contribution >= 4 is 0 Å². The molecule has 0 amide bonds. The van der Waals surface area contributed by atoms with Gasteiger partial charge in [-0.2, -0.15) is 0 Å². The summed E-state index contributed by atoms with van der Waals surface area (Å²) in [4.78, 5) is 7.47. The molecule has 1 rings (SSSR count). The minimum absolute atomic E-state index is 0. The highest BCUT2D eigenvalue weighted by Crippen LogP contribution is 1.55. The molecular formula is C4H6ClN3. The highest BCUT2D eigenvalue weighted by molar-refractivity contribution is 4.41. The fraction of sp³-hybridized carbons (Fsp3) is 0.250. The number of hydrogen-bond acceptors (Lipinski definition) is 2. The molecule has 0 aliphatic heterocycles. The van der Waals surface area contributed by atoms with E-state index >= 15 is 0 Å². The van der Waals surface area contributed by atoms with E-state index in [1.54, 1.807) is 17.2 Å². The average Bonchev–Trinajstić information content (AvgIpc) is 1.69. The molecular weight excluding hydrogens is 126 g/mol. The molecule has 0 spiro atoms. The van der Waals surface area contributed by atoms with Gasteiger partial charge < -0.3 is 12.4 Å². The van der Waals surface area contributed by atoms with Gasteiger partial charge in [0.05, 0.1) is 7.05 Å². The van der Waals surface area contributed by atoms with Crippen LogP contribution in [0.4, 0.5) is 0 Å². The number of aryl methyl sites for hydroxylation is 1. The molecule has 4 heteroatoms. The van der Waals surface area contributed by atoms with Crippen LogP contribution >= 0.6 is 0 Å². The Labute approximate surface area is 53.8 Å². The van der Waals surface area contributed by atoms with Crippen LogP contribution in [0.15, 0.2) is 19.0 Å². The van der Waals surface area contributed by atoms with E-state index in [0.717, 1.165) is 0 Å². The van der Waals surface area contributed by atoms with Gasteiger partial charge in [0.15, 0.2) is 0 Å². The number of nitrogens with zero attached hydrogens (tertiary/aromatic N) is 3. The predicted molar refractivity (Wildman–Crippen MR) is 23.2 cm³/mol. The molecule has 0 saturated heterocycles. The van der Waals surface area contributed by atoms with Crippen molar-refractivity contribution in [3.63, 3.8) is 0 Å². The molecule has 0 saturated carbocycles. The Hall–Kier alpha value is -0.700. The Balaban J connectivity index is 0.000000490. The number of rotatable bonds is 0. The Bertz CT molecular complexity index is 141. The fourth-order valence-corrected chi connectivity index (χ4v) is 0.338. The summed E-state index contributed by atoms with van der Waals surface area (Å²) >= 11 is 0. The van der Waals surface area contributed by atoms with E-state index in [4.69, 9.17) is 0 Å². The first-order valence-electron chi connectivity index (χ1n) is 2.00. The van der Waals surface area contributed by atoms with Gasteiger partial charge >= 0.3 is 0 Å². The maximum Gasteiger partial charge on any atom is 0.263 e. The first-order valence-corrected chi connectivity index (χ1v) is 2.00. The van der Waals surface area contributed by atoms with Crippen LogP contribution < -0.4 is 17.0 Å². The fourth-order valence-electron chi connectivity index (χ4n) is 0.338. The van der Waals surface area contributed by atoms with Gasteiger partial charge in [-0.25, -0.2) is 4.57 Å². The van der Waals surface area contributed by atoms with Gasteiger partial charge in [0.1, 0.15) is 0 Å². The molecule has 0 aliphatic rings. The molecule has 44 valence electrons. The predicted octanol–water partition coefficient (Wildman–Crippen LogP) is -3.69. The van der Waals surface area contributed by atoms with Crippen molar-refractivity contribution in [2.45, 2.75) is 0 Å². The molecule has 0 N–H and O–H groups in total. The highest BCUT2D eigenvalue weighted by atomic mass is 35.5. The molecule has 1 aromatic heterocycles. The van der Waals surface area contributed by atoms with Crippen molar-refractivity contribution in [2.75, 3.05) is 0 Å². The summed E-state index contributed by atoms with van der Waals surface area (Å²) < 4.78 is 1.78. The van der Waals surface area contributed by atoms with Crippen LogP contribution in [0.5, 0.6) is 0 Å². The standard InChI is InChI=1S/C4H6N3.ClH/c1-7-3-5-2-6-4-7;/h2-4H,1H3;1H/q+1;/p-1. The summed E-state index contributed by atoms with van der Waals surface area (Å²) in [6.07, 6.45) is 4.88. The Morgan fingerprint density at radius 3 is 2.00 bits per heavy atom. The molecule has 0 radical (unpaired) electrons. The lowest BCUT2D eigenvalue weighted by Gasteiger charge is -1.77. The number of aromatic nitrogens is 3. The SMILES string of the molecule is C[n+]1cncnc1.[Cl-]. The van der Waals surface area contributed by atoms with Crippen molar-refractivity contribution in [3.8, 4) is 0 Å². The molecule has 0 bridgehead atoms. The van der Waals surface area contributed by atoms with Crippen LogP contribution in [-0.4, -0.2) is 9.97 Å². The highest BCUT2D eigenvalue weighted by Gasteiger charge is 1.80. The van der Waals surface area contributed by atoms with E-state index in [9.17, 15) is 0 Å². The van der Waals surface area contributed by atoms with Crippen molar-refractivity contribution in [2.24, 2.45) is 7.05 Å². The molecule has 0 aromatic carbocycles. The minimum Gasteiger partial charge on any atom is -1.00 e. The lowest BCUT2D eigenvalue weighted by Crippen LogP contribution is -3.00. The third kappa shape index (κ3) is 1.84. The summed E-state index contributed by atoms with van der Waals surface area (Å²) in [5.74, 6) is 0. The zero-order valence-electron chi connectivity index (χ0n) is 4.45. The van der Waals surface area contributed by atoms with Gasteiger partial charge in [-0.3, -0.25) is 0 Å². The smallest absolute Gasteiger partial charge is 0.263 e. The molecule has 0 aliphatic carbocycles. The topological polar surface area (TPSA) is 29.7 Å². The molecule has 8 heavy (non-hydrogen) atoms. The first kappa shape index (κ1) is 7.30. The van der Waals surface area contributed by atoms with Gasteiger partial charge in [0.25, 0.3) is 6.33 Å². The minimum atomic E-state index is 0. The van der Waals surface area contributed by atoms with Crippen LogP contribution in [0.2, 0.25) is 0 Å². The van der Waals surface area contributed by atoms with Gasteiger partial charge in [0.2, 0.25) is 12.7 Å². The molecule has 1 aromatic rings. The second-order valence-electron chi connectivity index (χ2n) is 1.31. The van der Waals surface area contributed by atoms with E-state index in [1.807, 2.05) is 7.05 Å². The third-order valence-corrected chi connectivity index (χ3v) is 0.631. The van der Waals surface area contributed by atoms with Crippen LogP contribution in [0.1, 0.15) is 0 Å².